The molecule has 0 atom stereocenters. The molecule has 4 rings (SSSR count). The second kappa shape index (κ2) is 8.11. The number of fused-ring (bicyclic) bond motifs is 4. The number of halogens is 3. The predicted molar refractivity (Wildman–Crippen MR) is 92.7 cm³/mol. The van der Waals surface area contributed by atoms with Crippen molar-refractivity contribution in [3.8, 4) is 0 Å². The Bertz CT molecular complexity index is 758. The van der Waals surface area contributed by atoms with E-state index >= 15 is 0 Å². The predicted octanol–water partition coefficient (Wildman–Crippen LogP) is 3.44. The Balaban J connectivity index is 1.97. The average molecular weight is 397 g/mol. The third-order valence-electron chi connectivity index (χ3n) is 5.66. The van der Waals surface area contributed by atoms with Gasteiger partial charge in [0.2, 0.25) is 0 Å². The maximum Gasteiger partial charge on any atom is 0.433 e. The van der Waals surface area contributed by atoms with Crippen molar-refractivity contribution in [1.29, 1.82) is 0 Å². The highest BCUT2D eigenvalue weighted by molar-refractivity contribution is 6.25. The number of ketones is 3. The van der Waals surface area contributed by atoms with Crippen LogP contribution < -0.4 is 0 Å². The molecule has 0 saturated heterocycles. The van der Waals surface area contributed by atoms with Crippen LogP contribution in [0.3, 0.4) is 0 Å². The lowest BCUT2D eigenvalue weighted by Crippen LogP contribution is -2.35. The minimum atomic E-state index is -4.65. The Morgan fingerprint density at radius 3 is 2.18 bits per heavy atom. The summed E-state index contributed by atoms with van der Waals surface area (Å²) in [4.78, 5) is 42.3. The number of ether oxygens (including phenoxy) is 1. The Morgan fingerprint density at radius 2 is 1.68 bits per heavy atom. The smallest absolute Gasteiger partial charge is 0.385 e. The average Bonchev–Trinajstić information content (AvgIpc) is 2.85. The minimum absolute atomic E-state index is 0.0472. The first kappa shape index (κ1) is 20.6. The number of aryl methyl sites for hydroxylation is 1. The van der Waals surface area contributed by atoms with E-state index in [0.29, 0.717) is 32.1 Å². The second-order valence-corrected chi connectivity index (χ2v) is 7.44. The van der Waals surface area contributed by atoms with Gasteiger partial charge in [0.05, 0.1) is 5.69 Å². The molecule has 3 fully saturated rings. The van der Waals surface area contributed by atoms with Gasteiger partial charge >= 0.3 is 6.18 Å². The molecule has 2 bridgehead atoms. The maximum atomic E-state index is 13.1. The molecule has 0 aliphatic heterocycles. The highest BCUT2D eigenvalue weighted by atomic mass is 19.4. The zero-order chi connectivity index (χ0) is 20.5. The molecule has 0 spiro atoms. The molecule has 0 aromatic carbocycles. The number of carbonyl (C=O) groups is 3. The number of methoxy groups -OCH3 is 1. The van der Waals surface area contributed by atoms with E-state index in [1.807, 2.05) is 0 Å². The zero-order valence-electron chi connectivity index (χ0n) is 15.6. The van der Waals surface area contributed by atoms with Gasteiger partial charge in [-0.05, 0) is 50.7 Å². The largest absolute Gasteiger partial charge is 0.433 e. The first-order valence-corrected chi connectivity index (χ1v) is 9.41. The third kappa shape index (κ3) is 4.01. The zero-order valence-corrected chi connectivity index (χ0v) is 15.6. The van der Waals surface area contributed by atoms with Crippen LogP contribution in [0.1, 0.15) is 53.8 Å². The molecule has 5 nitrogen and oxygen atoms in total. The Hall–Kier alpha value is -2.09. The van der Waals surface area contributed by atoms with E-state index < -0.39 is 35.1 Å². The van der Waals surface area contributed by atoms with Crippen molar-refractivity contribution in [3.05, 3.63) is 29.1 Å². The van der Waals surface area contributed by atoms with Gasteiger partial charge in [-0.3, -0.25) is 14.4 Å². The standard InChI is InChI=1S/C20H22F3NO4/c1-28-10-2-3-14-13(8-9-15(24-14)20(21,22)23)19(27)16-17(25)11-4-5-12(7-6-11)18(16)26/h8-9,11-12,16H,2-7,10H2,1H3. The number of carbonyl (C=O) groups excluding carboxylic acids is 3. The van der Waals surface area contributed by atoms with Crippen molar-refractivity contribution in [2.24, 2.45) is 17.8 Å². The van der Waals surface area contributed by atoms with Gasteiger partial charge in [0.25, 0.3) is 0 Å². The first-order chi connectivity index (χ1) is 13.2. The van der Waals surface area contributed by atoms with Crippen LogP contribution >= 0.6 is 0 Å². The lowest BCUT2D eigenvalue weighted by atomic mass is 9.84. The number of pyridine rings is 1. The van der Waals surface area contributed by atoms with Gasteiger partial charge in [-0.15, -0.1) is 0 Å². The van der Waals surface area contributed by atoms with Gasteiger partial charge in [-0.1, -0.05) is 0 Å². The number of rotatable bonds is 6. The molecule has 28 heavy (non-hydrogen) atoms. The van der Waals surface area contributed by atoms with Gasteiger partial charge in [-0.2, -0.15) is 13.2 Å². The number of Topliss-reactive ketones (excluding diaryl/α,β-unsaturated/α-hetero) is 3. The van der Waals surface area contributed by atoms with Gasteiger partial charge < -0.3 is 4.74 Å². The number of alkyl halides is 3. The number of hydrogen-bond acceptors (Lipinski definition) is 5. The van der Waals surface area contributed by atoms with Gasteiger partial charge in [0, 0.05) is 31.1 Å². The Kier molecular flexibility index (Phi) is 5.98. The van der Waals surface area contributed by atoms with Crippen molar-refractivity contribution in [2.75, 3.05) is 13.7 Å². The molecular weight excluding hydrogens is 375 g/mol. The molecule has 152 valence electrons. The second-order valence-electron chi connectivity index (χ2n) is 7.44. The van der Waals surface area contributed by atoms with Gasteiger partial charge in [0.1, 0.15) is 11.6 Å². The summed E-state index contributed by atoms with van der Waals surface area (Å²) >= 11 is 0. The van der Waals surface area contributed by atoms with Crippen LogP contribution in [0.5, 0.6) is 0 Å². The third-order valence-corrected chi connectivity index (χ3v) is 5.66. The van der Waals surface area contributed by atoms with Crippen molar-refractivity contribution in [1.82, 2.24) is 4.98 Å². The Morgan fingerprint density at radius 1 is 1.11 bits per heavy atom. The van der Waals surface area contributed by atoms with Crippen LogP contribution in [-0.2, 0) is 26.9 Å². The summed E-state index contributed by atoms with van der Waals surface area (Å²) in [6, 6.07) is 1.78. The molecule has 8 heteroatoms. The van der Waals surface area contributed by atoms with E-state index in [9.17, 15) is 27.6 Å². The van der Waals surface area contributed by atoms with E-state index in [1.54, 1.807) is 0 Å². The summed E-state index contributed by atoms with van der Waals surface area (Å²) in [5.41, 5.74) is -1.22. The fourth-order valence-corrected chi connectivity index (χ4v) is 4.15. The summed E-state index contributed by atoms with van der Waals surface area (Å²) < 4.78 is 44.1. The molecule has 0 amide bonds. The molecular formula is C20H22F3NO4. The SMILES string of the molecule is COCCCc1nc(C(F)(F)F)ccc1C(=O)C1C(=O)C2CCC(CC2)C1=O. The molecule has 3 aliphatic rings. The minimum Gasteiger partial charge on any atom is -0.385 e. The van der Waals surface area contributed by atoms with E-state index in [0.717, 1.165) is 12.1 Å². The van der Waals surface area contributed by atoms with E-state index in [4.69, 9.17) is 4.74 Å². The molecule has 0 unspecified atom stereocenters. The Labute approximate surface area is 160 Å². The fraction of sp³-hybridized carbons (Fsp3) is 0.600. The summed E-state index contributed by atoms with van der Waals surface area (Å²) in [5.74, 6) is -3.57. The normalized spacial score (nSPS) is 25.1. The molecule has 1 aromatic heterocycles. The lowest BCUT2D eigenvalue weighted by Gasteiger charge is -2.19. The maximum absolute atomic E-state index is 13.1. The van der Waals surface area contributed by atoms with Crippen LogP contribution in [0, 0.1) is 17.8 Å². The number of aromatic nitrogens is 1. The van der Waals surface area contributed by atoms with Crippen molar-refractivity contribution in [2.45, 2.75) is 44.7 Å². The van der Waals surface area contributed by atoms with Crippen LogP contribution in [0.25, 0.3) is 0 Å². The van der Waals surface area contributed by atoms with Gasteiger partial charge in [-0.25, -0.2) is 4.98 Å². The van der Waals surface area contributed by atoms with Crippen LogP contribution in [-0.4, -0.2) is 36.1 Å². The highest BCUT2D eigenvalue weighted by Crippen LogP contribution is 2.39. The van der Waals surface area contributed by atoms with Crippen molar-refractivity contribution >= 4 is 17.3 Å². The summed E-state index contributed by atoms with van der Waals surface area (Å²) in [6.07, 6.45) is -1.85. The summed E-state index contributed by atoms with van der Waals surface area (Å²) in [6.45, 7) is 0.289. The van der Waals surface area contributed by atoms with Crippen LogP contribution in [0.2, 0.25) is 0 Å². The molecule has 1 aromatic rings. The fourth-order valence-electron chi connectivity index (χ4n) is 4.15. The summed E-state index contributed by atoms with van der Waals surface area (Å²) in [7, 11) is 1.46. The number of hydrogen-bond donors (Lipinski definition) is 0. The molecule has 0 N–H and O–H groups in total. The van der Waals surface area contributed by atoms with Gasteiger partial charge in [0.15, 0.2) is 17.3 Å². The van der Waals surface area contributed by atoms with Crippen LogP contribution in [0.15, 0.2) is 12.1 Å². The topological polar surface area (TPSA) is 73.3 Å². The molecule has 3 aliphatic carbocycles. The highest BCUT2D eigenvalue weighted by Gasteiger charge is 2.47. The van der Waals surface area contributed by atoms with E-state index in [2.05, 4.69) is 4.98 Å². The number of nitrogens with zero attached hydrogens (tertiary/aromatic N) is 1. The molecule has 1 heterocycles. The summed E-state index contributed by atoms with van der Waals surface area (Å²) in [5, 5.41) is 0. The van der Waals surface area contributed by atoms with Crippen molar-refractivity contribution < 1.29 is 32.3 Å². The van der Waals surface area contributed by atoms with Crippen LogP contribution in [0.4, 0.5) is 13.2 Å². The monoisotopic (exact) mass is 397 g/mol. The van der Waals surface area contributed by atoms with E-state index in [1.165, 1.54) is 7.11 Å². The lowest BCUT2D eigenvalue weighted by molar-refractivity contribution is -0.141. The van der Waals surface area contributed by atoms with E-state index in [-0.39, 0.29) is 36.1 Å². The quantitative estimate of drug-likeness (QED) is 0.418. The molecule has 0 radical (unpaired) electrons. The first-order valence-electron chi connectivity index (χ1n) is 9.41. The molecule has 3 saturated carbocycles. The van der Waals surface area contributed by atoms with Crippen molar-refractivity contribution in [3.63, 3.8) is 0 Å².